The highest BCUT2D eigenvalue weighted by atomic mass is 19.1. The Morgan fingerprint density at radius 3 is 1.55 bits per heavy atom. The van der Waals surface area contributed by atoms with E-state index in [1.807, 2.05) is 0 Å². The number of hydrogen-bond donors (Lipinski definition) is 1. The van der Waals surface area contributed by atoms with Crippen molar-refractivity contribution >= 4 is 0 Å². The number of aliphatic hydroxyl groups is 1. The van der Waals surface area contributed by atoms with Crippen LogP contribution < -0.4 is 0 Å². The molecule has 0 aliphatic carbocycles. The molecule has 22 heavy (non-hydrogen) atoms. The molecule has 0 aliphatic heterocycles. The predicted octanol–water partition coefficient (Wildman–Crippen LogP) is 5.81. The van der Waals surface area contributed by atoms with Gasteiger partial charge in [-0.05, 0) is 6.42 Å². The minimum atomic E-state index is -1.22. The molecule has 0 amide bonds. The van der Waals surface area contributed by atoms with Gasteiger partial charge in [-0.3, -0.25) is 0 Å². The van der Waals surface area contributed by atoms with Crippen molar-refractivity contribution < 1.29 is 14.2 Å². The fourth-order valence-corrected chi connectivity index (χ4v) is 2.66. The van der Waals surface area contributed by atoms with Crippen molar-refractivity contribution in [3.8, 4) is 0 Å². The number of aliphatic hydroxyl groups excluding tert-OH is 1. The van der Waals surface area contributed by atoms with Crippen LogP contribution in [-0.2, 0) is 4.74 Å². The van der Waals surface area contributed by atoms with E-state index in [2.05, 4.69) is 6.92 Å². The van der Waals surface area contributed by atoms with E-state index in [0.29, 0.717) is 6.61 Å². The van der Waals surface area contributed by atoms with Crippen molar-refractivity contribution in [2.45, 2.75) is 103 Å². The Kier molecular flexibility index (Phi) is 18.8. The largest absolute Gasteiger partial charge is 0.393 e. The van der Waals surface area contributed by atoms with Gasteiger partial charge in [-0.15, -0.1) is 0 Å². The average Bonchev–Trinajstić information content (AvgIpc) is 2.54. The van der Waals surface area contributed by atoms with Crippen LogP contribution in [-0.4, -0.2) is 31.1 Å². The second-order valence-corrected chi connectivity index (χ2v) is 6.45. The highest BCUT2D eigenvalue weighted by Gasteiger charge is 2.03. The molecule has 0 saturated heterocycles. The molecule has 0 aromatic carbocycles. The maximum Gasteiger partial charge on any atom is 0.146 e. The summed E-state index contributed by atoms with van der Waals surface area (Å²) < 4.78 is 17.8. The Bertz CT molecular complexity index is 200. The SMILES string of the molecule is CCCCCCCCCCCCCCCCOCC(F)CO. The van der Waals surface area contributed by atoms with E-state index in [9.17, 15) is 4.39 Å². The van der Waals surface area contributed by atoms with Crippen LogP contribution in [0, 0.1) is 0 Å². The summed E-state index contributed by atoms with van der Waals surface area (Å²) in [4.78, 5) is 0. The first-order valence-electron chi connectivity index (χ1n) is 9.64. The Labute approximate surface area is 137 Å². The summed E-state index contributed by atoms with van der Waals surface area (Å²) in [5.74, 6) is 0. The van der Waals surface area contributed by atoms with Crippen LogP contribution in [0.5, 0.6) is 0 Å². The van der Waals surface area contributed by atoms with Crippen molar-refractivity contribution in [3.63, 3.8) is 0 Å². The molecule has 2 nitrogen and oxygen atoms in total. The van der Waals surface area contributed by atoms with Crippen LogP contribution in [0.4, 0.5) is 4.39 Å². The lowest BCUT2D eigenvalue weighted by Crippen LogP contribution is -2.14. The first-order valence-corrected chi connectivity index (χ1v) is 9.64. The number of hydrogen-bond acceptors (Lipinski definition) is 2. The molecule has 134 valence electrons. The number of rotatable bonds is 18. The summed E-state index contributed by atoms with van der Waals surface area (Å²) in [6, 6.07) is 0. The van der Waals surface area contributed by atoms with Gasteiger partial charge >= 0.3 is 0 Å². The Morgan fingerprint density at radius 2 is 1.14 bits per heavy atom. The van der Waals surface area contributed by atoms with Gasteiger partial charge in [0, 0.05) is 6.61 Å². The van der Waals surface area contributed by atoms with E-state index in [1.54, 1.807) is 0 Å². The van der Waals surface area contributed by atoms with Crippen LogP contribution in [0.25, 0.3) is 0 Å². The first-order chi connectivity index (χ1) is 10.8. The van der Waals surface area contributed by atoms with Crippen molar-refractivity contribution in [2.75, 3.05) is 19.8 Å². The summed E-state index contributed by atoms with van der Waals surface area (Å²) in [6.07, 6.45) is 17.5. The molecule has 0 saturated carbocycles. The summed E-state index contributed by atoms with van der Waals surface area (Å²) in [5, 5.41) is 8.51. The Hall–Kier alpha value is -0.150. The molecule has 0 fully saturated rings. The molecule has 0 heterocycles. The molecule has 0 aromatic heterocycles. The second-order valence-electron chi connectivity index (χ2n) is 6.45. The average molecular weight is 319 g/mol. The van der Waals surface area contributed by atoms with Crippen LogP contribution in [0.3, 0.4) is 0 Å². The van der Waals surface area contributed by atoms with Gasteiger partial charge in [0.05, 0.1) is 13.2 Å². The van der Waals surface area contributed by atoms with Gasteiger partial charge in [-0.2, -0.15) is 0 Å². The van der Waals surface area contributed by atoms with Crippen molar-refractivity contribution in [3.05, 3.63) is 0 Å². The fraction of sp³-hybridized carbons (Fsp3) is 1.00. The summed E-state index contributed by atoms with van der Waals surface area (Å²) in [5.41, 5.74) is 0. The fourth-order valence-electron chi connectivity index (χ4n) is 2.66. The van der Waals surface area contributed by atoms with E-state index in [-0.39, 0.29) is 6.61 Å². The van der Waals surface area contributed by atoms with Crippen LogP contribution >= 0.6 is 0 Å². The zero-order valence-electron chi connectivity index (χ0n) is 14.8. The molecule has 1 atom stereocenters. The van der Waals surface area contributed by atoms with Gasteiger partial charge in [0.1, 0.15) is 6.17 Å². The van der Waals surface area contributed by atoms with Gasteiger partial charge in [0.15, 0.2) is 0 Å². The first kappa shape index (κ1) is 21.9. The lowest BCUT2D eigenvalue weighted by molar-refractivity contribution is 0.0505. The van der Waals surface area contributed by atoms with E-state index < -0.39 is 12.8 Å². The molecule has 0 aliphatic rings. The van der Waals surface area contributed by atoms with E-state index in [1.165, 1.54) is 83.5 Å². The van der Waals surface area contributed by atoms with Crippen molar-refractivity contribution in [2.24, 2.45) is 0 Å². The molecular formula is C19H39FO2. The van der Waals surface area contributed by atoms with Gasteiger partial charge in [0.2, 0.25) is 0 Å². The third kappa shape index (κ3) is 17.9. The minimum absolute atomic E-state index is 0.0367. The molecule has 0 spiro atoms. The lowest BCUT2D eigenvalue weighted by atomic mass is 10.0. The third-order valence-corrected chi connectivity index (χ3v) is 4.14. The monoisotopic (exact) mass is 318 g/mol. The maximum atomic E-state index is 12.6. The minimum Gasteiger partial charge on any atom is -0.393 e. The van der Waals surface area contributed by atoms with Crippen LogP contribution in [0.1, 0.15) is 96.8 Å². The lowest BCUT2D eigenvalue weighted by Gasteiger charge is -2.06. The molecule has 1 N–H and O–H groups in total. The number of alkyl halides is 1. The highest BCUT2D eigenvalue weighted by molar-refractivity contribution is 4.51. The van der Waals surface area contributed by atoms with Gasteiger partial charge < -0.3 is 9.84 Å². The van der Waals surface area contributed by atoms with Crippen LogP contribution in [0.2, 0.25) is 0 Å². The Balaban J connectivity index is 2.97. The van der Waals surface area contributed by atoms with Crippen molar-refractivity contribution in [1.29, 1.82) is 0 Å². The smallest absolute Gasteiger partial charge is 0.146 e. The molecule has 1 unspecified atom stereocenters. The third-order valence-electron chi connectivity index (χ3n) is 4.14. The van der Waals surface area contributed by atoms with E-state index >= 15 is 0 Å². The molecule has 0 radical (unpaired) electrons. The molecular weight excluding hydrogens is 279 g/mol. The summed E-state index contributed by atoms with van der Waals surface area (Å²) in [7, 11) is 0. The topological polar surface area (TPSA) is 29.5 Å². The zero-order chi connectivity index (χ0) is 16.3. The van der Waals surface area contributed by atoms with Gasteiger partial charge in [-0.25, -0.2) is 4.39 Å². The molecule has 0 bridgehead atoms. The maximum absolute atomic E-state index is 12.6. The highest BCUT2D eigenvalue weighted by Crippen LogP contribution is 2.12. The normalized spacial score (nSPS) is 12.7. The van der Waals surface area contributed by atoms with Gasteiger partial charge in [-0.1, -0.05) is 90.4 Å². The predicted molar refractivity (Wildman–Crippen MR) is 93.1 cm³/mol. The number of halogens is 1. The Morgan fingerprint density at radius 1 is 0.727 bits per heavy atom. The standard InChI is InChI=1S/C19H39FO2/c1-2-3-4-5-6-7-8-9-10-11-12-13-14-15-16-22-18-19(20)17-21/h19,21H,2-18H2,1H3. The van der Waals surface area contributed by atoms with Gasteiger partial charge in [0.25, 0.3) is 0 Å². The number of ether oxygens (including phenoxy) is 1. The van der Waals surface area contributed by atoms with Crippen molar-refractivity contribution in [1.82, 2.24) is 0 Å². The molecule has 3 heteroatoms. The zero-order valence-corrected chi connectivity index (χ0v) is 14.8. The second kappa shape index (κ2) is 18.9. The van der Waals surface area contributed by atoms with E-state index in [0.717, 1.165) is 6.42 Å². The summed E-state index contributed by atoms with van der Waals surface area (Å²) in [6.45, 7) is 2.50. The molecule has 0 rings (SSSR count). The van der Waals surface area contributed by atoms with Crippen LogP contribution in [0.15, 0.2) is 0 Å². The van der Waals surface area contributed by atoms with E-state index in [4.69, 9.17) is 9.84 Å². The quantitative estimate of drug-likeness (QED) is 0.323. The number of unbranched alkanes of at least 4 members (excludes halogenated alkanes) is 13. The summed E-state index contributed by atoms with van der Waals surface area (Å²) >= 11 is 0. The molecule has 0 aromatic rings.